The number of carbonyl (C=O) groups excluding carboxylic acids is 1. The summed E-state index contributed by atoms with van der Waals surface area (Å²) in [5.41, 5.74) is 4.30. The molecule has 2 aromatic carbocycles. The number of halogens is 1. The van der Waals surface area contributed by atoms with Crippen LogP contribution in [0.25, 0.3) is 22.0 Å². The van der Waals surface area contributed by atoms with E-state index in [2.05, 4.69) is 21.7 Å². The number of hydrogen-bond donors (Lipinski definition) is 2. The second kappa shape index (κ2) is 9.86. The first-order valence-electron chi connectivity index (χ1n) is 12.4. The van der Waals surface area contributed by atoms with Crippen LogP contribution in [0.2, 0.25) is 5.02 Å². The molecular formula is C28H26ClN5O3. The Kier molecular flexibility index (Phi) is 6.26. The Labute approximate surface area is 219 Å². The van der Waals surface area contributed by atoms with Gasteiger partial charge in [0.05, 0.1) is 11.2 Å². The van der Waals surface area contributed by atoms with Crippen molar-refractivity contribution in [3.63, 3.8) is 0 Å². The summed E-state index contributed by atoms with van der Waals surface area (Å²) >= 11 is 5.93. The maximum absolute atomic E-state index is 12.6. The number of amides is 1. The minimum Gasteiger partial charge on any atom is -0.484 e. The van der Waals surface area contributed by atoms with Crippen LogP contribution in [-0.2, 0) is 0 Å². The normalized spacial score (nSPS) is 18.5. The maximum atomic E-state index is 12.6. The summed E-state index contributed by atoms with van der Waals surface area (Å²) in [4.78, 5) is 26.3. The highest BCUT2D eigenvalue weighted by Gasteiger charge is 2.27. The van der Waals surface area contributed by atoms with Crippen molar-refractivity contribution in [3.8, 4) is 22.8 Å². The molecule has 9 heteroatoms. The van der Waals surface area contributed by atoms with E-state index < -0.39 is 0 Å². The highest BCUT2D eigenvalue weighted by Crippen LogP contribution is 2.39. The number of aromatic nitrogens is 3. The lowest BCUT2D eigenvalue weighted by Gasteiger charge is -2.20. The monoisotopic (exact) mass is 515 g/mol. The molecule has 2 aromatic heterocycles. The second-order valence-electron chi connectivity index (χ2n) is 9.39. The zero-order valence-electron chi connectivity index (χ0n) is 20.3. The summed E-state index contributed by atoms with van der Waals surface area (Å²) in [7, 11) is 0. The first kappa shape index (κ1) is 23.5. The number of anilines is 1. The van der Waals surface area contributed by atoms with Gasteiger partial charge in [-0.05, 0) is 74.2 Å². The van der Waals surface area contributed by atoms with Gasteiger partial charge in [0.1, 0.15) is 13.2 Å². The summed E-state index contributed by atoms with van der Waals surface area (Å²) in [6, 6.07) is 15.3. The van der Waals surface area contributed by atoms with Crippen molar-refractivity contribution >= 4 is 34.4 Å². The number of hydrogen-bond acceptors (Lipinski definition) is 7. The number of fused-ring (bicyclic) bond motifs is 2. The number of nitrogens with one attached hydrogen (secondary N) is 2. The largest absolute Gasteiger partial charge is 0.484 e. The standard InChI is InChI=1S/C28H26ClN5O3/c1-16-23-14-18(22-10-11-30-27-25(22)36-12-13-37-27)4-9-24(23)34-28(31-16)33-21-8-7-20(15-21)32-26(35)17-2-5-19(29)6-3-17/h2-6,9-11,14,20-21H,7-8,12-13,15H2,1H3,(H,32,35)(H,31,33,34)/t20-,21+/m0/s1. The van der Waals surface area contributed by atoms with E-state index in [4.69, 9.17) is 31.0 Å². The van der Waals surface area contributed by atoms with Gasteiger partial charge in [-0.3, -0.25) is 4.79 Å². The van der Waals surface area contributed by atoms with Gasteiger partial charge >= 0.3 is 0 Å². The van der Waals surface area contributed by atoms with Crippen molar-refractivity contribution in [2.75, 3.05) is 18.5 Å². The molecule has 1 aliphatic heterocycles. The molecule has 188 valence electrons. The molecule has 1 aliphatic carbocycles. The summed E-state index contributed by atoms with van der Waals surface area (Å²) in [5, 5.41) is 8.20. The van der Waals surface area contributed by atoms with Crippen LogP contribution in [0.3, 0.4) is 0 Å². The van der Waals surface area contributed by atoms with Crippen molar-refractivity contribution in [1.82, 2.24) is 20.3 Å². The van der Waals surface area contributed by atoms with Crippen LogP contribution >= 0.6 is 11.6 Å². The predicted molar refractivity (Wildman–Crippen MR) is 142 cm³/mol. The van der Waals surface area contributed by atoms with E-state index in [1.54, 1.807) is 30.5 Å². The quantitative estimate of drug-likeness (QED) is 0.377. The Morgan fingerprint density at radius 2 is 1.81 bits per heavy atom. The number of ether oxygens (including phenoxy) is 2. The third-order valence-corrected chi connectivity index (χ3v) is 7.10. The fourth-order valence-corrected chi connectivity index (χ4v) is 5.12. The summed E-state index contributed by atoms with van der Waals surface area (Å²) < 4.78 is 11.5. The van der Waals surface area contributed by atoms with Crippen molar-refractivity contribution in [1.29, 1.82) is 0 Å². The molecule has 2 aliphatic rings. The second-order valence-corrected chi connectivity index (χ2v) is 9.82. The Hall–Kier alpha value is -3.91. The molecule has 0 radical (unpaired) electrons. The Balaban J connectivity index is 1.16. The first-order chi connectivity index (χ1) is 18.0. The molecule has 1 fully saturated rings. The average molecular weight is 516 g/mol. The number of benzene rings is 2. The van der Waals surface area contributed by atoms with E-state index in [1.807, 2.05) is 25.1 Å². The van der Waals surface area contributed by atoms with Crippen LogP contribution in [0.1, 0.15) is 35.3 Å². The van der Waals surface area contributed by atoms with Gasteiger partial charge in [0, 0.05) is 39.8 Å². The topological polar surface area (TPSA) is 98.3 Å². The average Bonchev–Trinajstić information content (AvgIpc) is 3.35. The Morgan fingerprint density at radius 3 is 2.68 bits per heavy atom. The highest BCUT2D eigenvalue weighted by atomic mass is 35.5. The summed E-state index contributed by atoms with van der Waals surface area (Å²) in [5.74, 6) is 1.72. The van der Waals surface area contributed by atoms with E-state index >= 15 is 0 Å². The van der Waals surface area contributed by atoms with Crippen LogP contribution in [0, 0.1) is 6.92 Å². The van der Waals surface area contributed by atoms with Gasteiger partial charge in [-0.15, -0.1) is 0 Å². The van der Waals surface area contributed by atoms with Gasteiger partial charge in [0.2, 0.25) is 5.95 Å². The van der Waals surface area contributed by atoms with Gasteiger partial charge in [-0.25, -0.2) is 15.0 Å². The van der Waals surface area contributed by atoms with E-state index in [9.17, 15) is 4.79 Å². The lowest BCUT2D eigenvalue weighted by Crippen LogP contribution is -2.34. The zero-order chi connectivity index (χ0) is 25.4. The van der Waals surface area contributed by atoms with Gasteiger partial charge in [0.25, 0.3) is 11.8 Å². The number of rotatable bonds is 5. The van der Waals surface area contributed by atoms with Crippen LogP contribution in [-0.4, -0.2) is 46.2 Å². The van der Waals surface area contributed by atoms with E-state index in [0.717, 1.165) is 47.0 Å². The fraction of sp³-hybridized carbons (Fsp3) is 0.286. The van der Waals surface area contributed by atoms with Crippen LogP contribution < -0.4 is 20.1 Å². The minimum absolute atomic E-state index is 0.0802. The molecule has 1 saturated carbocycles. The molecule has 3 heterocycles. The van der Waals surface area contributed by atoms with E-state index in [-0.39, 0.29) is 18.0 Å². The molecule has 2 N–H and O–H groups in total. The molecule has 4 aromatic rings. The van der Waals surface area contributed by atoms with Crippen LogP contribution in [0.5, 0.6) is 11.6 Å². The molecule has 0 spiro atoms. The van der Waals surface area contributed by atoms with E-state index in [1.165, 1.54) is 0 Å². The van der Waals surface area contributed by atoms with Crippen LogP contribution in [0.15, 0.2) is 54.7 Å². The third kappa shape index (κ3) is 4.89. The zero-order valence-corrected chi connectivity index (χ0v) is 21.1. The SMILES string of the molecule is Cc1nc(N[C@@H]2CC[C@H](NC(=O)c3ccc(Cl)cc3)C2)nc2ccc(-c3ccnc4c3OCCO4)cc12. The van der Waals surface area contributed by atoms with Crippen molar-refractivity contribution < 1.29 is 14.3 Å². The molecule has 37 heavy (non-hydrogen) atoms. The smallest absolute Gasteiger partial charge is 0.257 e. The lowest BCUT2D eigenvalue weighted by molar-refractivity contribution is 0.0938. The van der Waals surface area contributed by atoms with Gasteiger partial charge in [-0.2, -0.15) is 0 Å². The van der Waals surface area contributed by atoms with E-state index in [0.29, 0.717) is 41.4 Å². The minimum atomic E-state index is -0.0802. The number of nitrogens with zero attached hydrogens (tertiary/aromatic N) is 3. The highest BCUT2D eigenvalue weighted by molar-refractivity contribution is 6.30. The van der Waals surface area contributed by atoms with Crippen molar-refractivity contribution in [3.05, 3.63) is 71.0 Å². The molecule has 0 unspecified atom stereocenters. The molecular weight excluding hydrogens is 490 g/mol. The molecule has 0 saturated heterocycles. The molecule has 8 nitrogen and oxygen atoms in total. The van der Waals surface area contributed by atoms with Crippen LogP contribution in [0.4, 0.5) is 5.95 Å². The van der Waals surface area contributed by atoms with Gasteiger partial charge in [-0.1, -0.05) is 17.7 Å². The molecule has 1 amide bonds. The number of aryl methyl sites for hydroxylation is 1. The Bertz CT molecular complexity index is 1480. The summed E-state index contributed by atoms with van der Waals surface area (Å²) in [6.07, 6.45) is 4.37. The first-order valence-corrected chi connectivity index (χ1v) is 12.8. The molecule has 2 atom stereocenters. The molecule has 0 bridgehead atoms. The molecule has 6 rings (SSSR count). The van der Waals surface area contributed by atoms with Gasteiger partial charge in [0.15, 0.2) is 5.75 Å². The number of carbonyl (C=O) groups is 1. The van der Waals surface area contributed by atoms with Crippen molar-refractivity contribution in [2.24, 2.45) is 0 Å². The van der Waals surface area contributed by atoms with Crippen molar-refractivity contribution in [2.45, 2.75) is 38.3 Å². The fourth-order valence-electron chi connectivity index (χ4n) is 4.99. The Morgan fingerprint density at radius 1 is 1.00 bits per heavy atom. The third-order valence-electron chi connectivity index (χ3n) is 6.85. The lowest BCUT2D eigenvalue weighted by atomic mass is 10.0. The maximum Gasteiger partial charge on any atom is 0.257 e. The number of pyridine rings is 1. The van der Waals surface area contributed by atoms with Gasteiger partial charge < -0.3 is 20.1 Å². The predicted octanol–water partition coefficient (Wildman–Crippen LogP) is 5.19. The summed E-state index contributed by atoms with van der Waals surface area (Å²) in [6.45, 7) is 2.99.